The van der Waals surface area contributed by atoms with Gasteiger partial charge >= 0.3 is 0 Å². The zero-order valence-corrected chi connectivity index (χ0v) is 42.9. The summed E-state index contributed by atoms with van der Waals surface area (Å²) in [6.45, 7) is 8.59. The normalized spacial score (nSPS) is 12.8. The van der Waals surface area contributed by atoms with Gasteiger partial charge in [0.2, 0.25) is 0 Å². The van der Waals surface area contributed by atoms with Crippen LogP contribution in [-0.4, -0.2) is 9.97 Å². The van der Waals surface area contributed by atoms with E-state index in [0.717, 1.165) is 21.8 Å². The summed E-state index contributed by atoms with van der Waals surface area (Å²) in [6.07, 6.45) is 9.90. The van der Waals surface area contributed by atoms with Crippen LogP contribution in [0, 0.1) is 27.7 Å². The summed E-state index contributed by atoms with van der Waals surface area (Å²) in [6, 6.07) is 83.6. The second kappa shape index (κ2) is 22.3. The largest absolute Gasteiger partial charge is 0.311 e. The fourth-order valence-electron chi connectivity index (χ4n) is 11.0. The molecule has 0 amide bonds. The summed E-state index contributed by atoms with van der Waals surface area (Å²) < 4.78 is 0. The third kappa shape index (κ3) is 10.5. The molecule has 0 atom stereocenters. The molecule has 4 heteroatoms. The lowest BCUT2D eigenvalue weighted by Crippen LogP contribution is -2.30. The van der Waals surface area contributed by atoms with E-state index in [9.17, 15) is 0 Å². The van der Waals surface area contributed by atoms with Gasteiger partial charge in [-0.2, -0.15) is 0 Å². The number of fused-ring (bicyclic) bond motifs is 3. The van der Waals surface area contributed by atoms with Gasteiger partial charge in [-0.25, -0.2) is 0 Å². The predicted molar refractivity (Wildman–Crippen MR) is 320 cm³/mol. The fraction of sp³-hybridized carbons (Fsp3) is 0.155. The molecule has 2 heterocycles. The van der Waals surface area contributed by atoms with E-state index in [2.05, 4.69) is 266 Å². The Morgan fingerprint density at radius 1 is 0.320 bits per heavy atom. The van der Waals surface area contributed by atoms with Crippen molar-refractivity contribution in [1.29, 1.82) is 0 Å². The minimum atomic E-state index is 0. The van der Waals surface area contributed by atoms with Crippen molar-refractivity contribution in [1.82, 2.24) is 9.97 Å². The first-order valence-corrected chi connectivity index (χ1v) is 26.2. The molecule has 4 nitrogen and oxygen atoms in total. The number of nitrogens with zero attached hydrogens (tertiary/aromatic N) is 4. The first kappa shape index (κ1) is 50.0. The molecule has 0 aliphatic heterocycles. The number of anilines is 6. The van der Waals surface area contributed by atoms with Crippen LogP contribution in [0.2, 0.25) is 0 Å². The van der Waals surface area contributed by atoms with Crippen molar-refractivity contribution >= 4 is 55.9 Å². The average Bonchev–Trinajstić information content (AvgIpc) is 3.46. The van der Waals surface area contributed by atoms with Crippen LogP contribution >= 0.6 is 0 Å². The van der Waals surface area contributed by atoms with E-state index in [1.165, 1.54) is 122 Å². The van der Waals surface area contributed by atoms with Gasteiger partial charge < -0.3 is 9.80 Å². The molecular weight excluding hydrogens is 909 g/mol. The molecule has 0 bridgehead atoms. The molecule has 1 aliphatic carbocycles. The molecule has 0 saturated heterocycles. The number of aryl methyl sites for hydroxylation is 4. The number of aromatic nitrogens is 2. The van der Waals surface area contributed by atoms with E-state index in [0.29, 0.717) is 0 Å². The number of pyridine rings is 2. The summed E-state index contributed by atoms with van der Waals surface area (Å²) in [5.74, 6) is 0. The second-order valence-corrected chi connectivity index (χ2v) is 20.1. The highest BCUT2D eigenvalue weighted by atomic mass is 15.1. The molecule has 0 spiro atoms. The second-order valence-electron chi connectivity index (χ2n) is 20.1. The smallest absolute Gasteiger partial charge is 0.0970 e. The molecule has 11 aromatic rings. The van der Waals surface area contributed by atoms with Gasteiger partial charge in [-0.3, -0.25) is 9.97 Å². The summed E-state index contributed by atoms with van der Waals surface area (Å²) in [7, 11) is 0. The predicted octanol–water partition coefficient (Wildman–Crippen LogP) is 19.9. The van der Waals surface area contributed by atoms with Crippen LogP contribution in [0.5, 0.6) is 0 Å². The van der Waals surface area contributed by atoms with Gasteiger partial charge in [-0.05, 0) is 159 Å². The minimum absolute atomic E-state index is 0. The van der Waals surface area contributed by atoms with E-state index >= 15 is 0 Å². The topological polar surface area (TPSA) is 32.3 Å². The highest BCUT2D eigenvalue weighted by molar-refractivity contribution is 6.11. The molecule has 9 aromatic carbocycles. The Morgan fingerprint density at radius 2 is 0.613 bits per heavy atom. The average molecular weight is 975 g/mol. The third-order valence-electron chi connectivity index (χ3n) is 15.0. The zero-order chi connectivity index (χ0) is 50.4. The number of hydrogen-bond donors (Lipinski definition) is 0. The summed E-state index contributed by atoms with van der Waals surface area (Å²) in [5, 5.41) is 2.26. The first-order valence-electron chi connectivity index (χ1n) is 26.2. The summed E-state index contributed by atoms with van der Waals surface area (Å²) in [5.41, 5.74) is 21.6. The Hall–Kier alpha value is -8.60. The standard InChI is InChI=1S/C46H46N2.C24H16N2.CH4/c1-34-8-20-40(21-9-34)47(41-22-10-35(2)11-23-41)44-28-16-38(17-29-44)46(32-6-5-7-33-46)39-18-30-45(31-19-39)48(42-24-12-36(3)13-25-42)43-26-14-37(4)15-27-43;1-3-7-17(8-4-1)19-13-15-25-23-21(19)11-12-22-20(14-16-26-24(22)23)18-9-5-2-6-10-18;/h8-31H,5-7,32-33H2,1-4H3;1-16H;1H4. The molecular formula is C71H66N4. The SMILES string of the molecule is C.Cc1ccc(N(c2ccc(C)cc2)c2ccc(C3(c4ccc(N(c5ccc(C)cc5)c5ccc(C)cc5)cc4)CCCCC3)cc2)cc1.c1ccc(-c2ccnc3c2ccc2c(-c4ccccc4)ccnc23)cc1. The zero-order valence-electron chi connectivity index (χ0n) is 42.9. The molecule has 1 aliphatic rings. The van der Waals surface area contributed by atoms with E-state index in [-0.39, 0.29) is 12.8 Å². The van der Waals surface area contributed by atoms with Crippen molar-refractivity contribution in [3.63, 3.8) is 0 Å². The van der Waals surface area contributed by atoms with Gasteiger partial charge in [-0.15, -0.1) is 0 Å². The molecule has 0 radical (unpaired) electrons. The van der Waals surface area contributed by atoms with Gasteiger partial charge in [0.1, 0.15) is 0 Å². The van der Waals surface area contributed by atoms with Crippen molar-refractivity contribution in [2.75, 3.05) is 9.80 Å². The summed E-state index contributed by atoms with van der Waals surface area (Å²) >= 11 is 0. The van der Waals surface area contributed by atoms with Crippen molar-refractivity contribution in [2.24, 2.45) is 0 Å². The van der Waals surface area contributed by atoms with Gasteiger partial charge in [0.25, 0.3) is 0 Å². The molecule has 12 rings (SSSR count). The van der Waals surface area contributed by atoms with E-state index in [4.69, 9.17) is 0 Å². The Bertz CT molecular complexity index is 3290. The fourth-order valence-corrected chi connectivity index (χ4v) is 11.0. The van der Waals surface area contributed by atoms with Gasteiger partial charge in [-0.1, -0.05) is 195 Å². The van der Waals surface area contributed by atoms with Crippen LogP contribution in [-0.2, 0) is 5.41 Å². The monoisotopic (exact) mass is 975 g/mol. The quantitative estimate of drug-likeness (QED) is 0.128. The lowest BCUT2D eigenvalue weighted by Gasteiger charge is -2.39. The molecule has 75 heavy (non-hydrogen) atoms. The van der Waals surface area contributed by atoms with Crippen molar-refractivity contribution < 1.29 is 0 Å². The highest BCUT2D eigenvalue weighted by Gasteiger charge is 2.36. The Morgan fingerprint density at radius 3 is 0.920 bits per heavy atom. The van der Waals surface area contributed by atoms with Crippen LogP contribution < -0.4 is 9.80 Å². The van der Waals surface area contributed by atoms with Crippen molar-refractivity contribution in [2.45, 2.75) is 72.6 Å². The maximum absolute atomic E-state index is 4.67. The van der Waals surface area contributed by atoms with E-state index in [1.54, 1.807) is 0 Å². The molecule has 1 fully saturated rings. The Labute approximate surface area is 444 Å². The van der Waals surface area contributed by atoms with Crippen LogP contribution in [0.3, 0.4) is 0 Å². The van der Waals surface area contributed by atoms with Crippen molar-refractivity contribution in [3.05, 3.63) is 276 Å². The molecule has 0 N–H and O–H groups in total. The molecule has 370 valence electrons. The highest BCUT2D eigenvalue weighted by Crippen LogP contribution is 2.47. The van der Waals surface area contributed by atoms with Gasteiger partial charge in [0, 0.05) is 62.7 Å². The van der Waals surface area contributed by atoms with Crippen molar-refractivity contribution in [3.8, 4) is 22.3 Å². The number of hydrogen-bond acceptors (Lipinski definition) is 4. The maximum atomic E-state index is 4.67. The third-order valence-corrected chi connectivity index (χ3v) is 15.0. The van der Waals surface area contributed by atoms with Crippen LogP contribution in [0.15, 0.2) is 243 Å². The van der Waals surface area contributed by atoms with E-state index in [1.807, 2.05) is 24.5 Å². The molecule has 2 aromatic heterocycles. The molecule has 1 saturated carbocycles. The number of rotatable bonds is 10. The summed E-state index contributed by atoms with van der Waals surface area (Å²) in [4.78, 5) is 14.1. The van der Waals surface area contributed by atoms with Crippen LogP contribution in [0.1, 0.15) is 72.9 Å². The van der Waals surface area contributed by atoms with Gasteiger partial charge in [0.15, 0.2) is 0 Å². The van der Waals surface area contributed by atoms with Crippen LogP contribution in [0.25, 0.3) is 44.1 Å². The lowest BCUT2D eigenvalue weighted by atomic mass is 9.65. The van der Waals surface area contributed by atoms with Crippen LogP contribution in [0.4, 0.5) is 34.1 Å². The maximum Gasteiger partial charge on any atom is 0.0970 e. The lowest BCUT2D eigenvalue weighted by molar-refractivity contribution is 0.346. The van der Waals surface area contributed by atoms with Gasteiger partial charge in [0.05, 0.1) is 11.0 Å². The molecule has 0 unspecified atom stereocenters. The Kier molecular flexibility index (Phi) is 14.8. The first-order chi connectivity index (χ1) is 36.3. The number of benzene rings is 9. The minimum Gasteiger partial charge on any atom is -0.311 e. The Balaban J connectivity index is 0.000000199. The van der Waals surface area contributed by atoms with E-state index < -0.39 is 0 Å².